The molecule has 0 radical (unpaired) electrons. The quantitative estimate of drug-likeness (QED) is 0.679. The van der Waals surface area contributed by atoms with Crippen LogP contribution in [0.3, 0.4) is 0 Å². The molecule has 0 aliphatic heterocycles. The van der Waals surface area contributed by atoms with Gasteiger partial charge in [-0.05, 0) is 37.5 Å². The largest absolute Gasteiger partial charge is 0.495 e. The zero-order chi connectivity index (χ0) is 15.9. The van der Waals surface area contributed by atoms with Gasteiger partial charge in [-0.25, -0.2) is 13.1 Å². The van der Waals surface area contributed by atoms with Crippen LogP contribution in [0.4, 0.5) is 0 Å². The van der Waals surface area contributed by atoms with Crippen molar-refractivity contribution in [3.8, 4) is 5.75 Å². The van der Waals surface area contributed by atoms with Crippen LogP contribution in [0.1, 0.15) is 31.2 Å². The minimum atomic E-state index is -3.62. The summed E-state index contributed by atoms with van der Waals surface area (Å²) in [4.78, 5) is 10.5. The van der Waals surface area contributed by atoms with Crippen LogP contribution >= 0.6 is 0 Å². The molecule has 21 heavy (non-hydrogen) atoms. The fourth-order valence-electron chi connectivity index (χ4n) is 1.86. The Morgan fingerprint density at radius 2 is 2.00 bits per heavy atom. The third kappa shape index (κ3) is 5.73. The van der Waals surface area contributed by atoms with Crippen molar-refractivity contribution in [3.63, 3.8) is 0 Å². The number of nitrogens with one attached hydrogen (secondary N) is 1. The van der Waals surface area contributed by atoms with Gasteiger partial charge in [-0.1, -0.05) is 12.5 Å². The van der Waals surface area contributed by atoms with Gasteiger partial charge in [0.05, 0.1) is 7.11 Å². The molecule has 0 unspecified atom stereocenters. The lowest BCUT2D eigenvalue weighted by atomic mass is 10.2. The van der Waals surface area contributed by atoms with Crippen molar-refractivity contribution in [2.45, 2.75) is 37.5 Å². The smallest absolute Gasteiger partial charge is 0.303 e. The highest BCUT2D eigenvalue weighted by atomic mass is 32.2. The normalized spacial score (nSPS) is 11.3. The Bertz CT molecular complexity index is 583. The van der Waals surface area contributed by atoms with E-state index in [4.69, 9.17) is 9.84 Å². The third-order valence-electron chi connectivity index (χ3n) is 2.97. The molecule has 0 spiro atoms. The Morgan fingerprint density at radius 1 is 1.29 bits per heavy atom. The van der Waals surface area contributed by atoms with Crippen LogP contribution in [-0.2, 0) is 14.8 Å². The molecule has 1 aromatic rings. The SMILES string of the molecule is COc1ccc(C)cc1S(=O)(=O)NCCCCCC(=O)O. The molecule has 0 heterocycles. The summed E-state index contributed by atoms with van der Waals surface area (Å²) in [5.74, 6) is -0.529. The lowest BCUT2D eigenvalue weighted by Gasteiger charge is -2.11. The lowest BCUT2D eigenvalue weighted by molar-refractivity contribution is -0.137. The first-order valence-electron chi connectivity index (χ1n) is 6.73. The van der Waals surface area contributed by atoms with E-state index in [1.165, 1.54) is 7.11 Å². The number of carbonyl (C=O) groups is 1. The molecule has 6 nitrogen and oxygen atoms in total. The number of rotatable bonds is 9. The third-order valence-corrected chi connectivity index (χ3v) is 4.45. The second-order valence-electron chi connectivity index (χ2n) is 4.76. The molecule has 0 saturated carbocycles. The van der Waals surface area contributed by atoms with Gasteiger partial charge in [0, 0.05) is 13.0 Å². The zero-order valence-electron chi connectivity index (χ0n) is 12.3. The van der Waals surface area contributed by atoms with Crippen LogP contribution in [-0.4, -0.2) is 33.1 Å². The van der Waals surface area contributed by atoms with E-state index >= 15 is 0 Å². The summed E-state index contributed by atoms with van der Waals surface area (Å²) in [6.07, 6.45) is 1.92. The summed E-state index contributed by atoms with van der Waals surface area (Å²) >= 11 is 0. The molecule has 0 aliphatic carbocycles. The average molecular weight is 315 g/mol. The summed E-state index contributed by atoms with van der Waals surface area (Å²) in [5.41, 5.74) is 0.831. The fourth-order valence-corrected chi connectivity index (χ4v) is 3.18. The molecule has 0 amide bonds. The highest BCUT2D eigenvalue weighted by Gasteiger charge is 2.18. The van der Waals surface area contributed by atoms with Crippen molar-refractivity contribution in [3.05, 3.63) is 23.8 Å². The van der Waals surface area contributed by atoms with Crippen LogP contribution in [0.2, 0.25) is 0 Å². The molecule has 0 atom stereocenters. The van der Waals surface area contributed by atoms with Crippen molar-refractivity contribution in [2.24, 2.45) is 0 Å². The number of ether oxygens (including phenoxy) is 1. The highest BCUT2D eigenvalue weighted by Crippen LogP contribution is 2.24. The van der Waals surface area contributed by atoms with Gasteiger partial charge in [-0.15, -0.1) is 0 Å². The minimum absolute atomic E-state index is 0.110. The van der Waals surface area contributed by atoms with E-state index in [1.54, 1.807) is 18.2 Å². The maximum Gasteiger partial charge on any atom is 0.303 e. The van der Waals surface area contributed by atoms with Crippen LogP contribution in [0.25, 0.3) is 0 Å². The standard InChI is InChI=1S/C14H21NO5S/c1-11-7-8-12(20-2)13(10-11)21(18,19)15-9-5-3-4-6-14(16)17/h7-8,10,15H,3-6,9H2,1-2H3,(H,16,17). The van der Waals surface area contributed by atoms with Crippen molar-refractivity contribution < 1.29 is 23.1 Å². The lowest BCUT2D eigenvalue weighted by Crippen LogP contribution is -2.25. The van der Waals surface area contributed by atoms with Crippen LogP contribution < -0.4 is 9.46 Å². The number of unbranched alkanes of at least 4 members (excludes halogenated alkanes) is 2. The van der Waals surface area contributed by atoms with Crippen molar-refractivity contribution in [1.29, 1.82) is 0 Å². The van der Waals surface area contributed by atoms with Crippen LogP contribution in [0.5, 0.6) is 5.75 Å². The van der Waals surface area contributed by atoms with Gasteiger partial charge in [-0.2, -0.15) is 0 Å². The topological polar surface area (TPSA) is 92.7 Å². The molecule has 0 aromatic heterocycles. The molecular formula is C14H21NO5S. The summed E-state index contributed by atoms with van der Waals surface area (Å²) in [6.45, 7) is 2.09. The number of hydrogen-bond donors (Lipinski definition) is 2. The van der Waals surface area contributed by atoms with E-state index < -0.39 is 16.0 Å². The fraction of sp³-hybridized carbons (Fsp3) is 0.500. The second kappa shape index (κ2) is 7.99. The van der Waals surface area contributed by atoms with E-state index in [0.29, 0.717) is 25.0 Å². The Kier molecular flexibility index (Phi) is 6.64. The van der Waals surface area contributed by atoms with Gasteiger partial charge in [-0.3, -0.25) is 4.79 Å². The van der Waals surface area contributed by atoms with Gasteiger partial charge >= 0.3 is 5.97 Å². The molecule has 0 bridgehead atoms. The maximum atomic E-state index is 12.2. The zero-order valence-corrected chi connectivity index (χ0v) is 13.1. The monoisotopic (exact) mass is 315 g/mol. The maximum absolute atomic E-state index is 12.2. The molecule has 1 rings (SSSR count). The number of sulfonamides is 1. The summed E-state index contributed by atoms with van der Waals surface area (Å²) in [5, 5.41) is 8.51. The van der Waals surface area contributed by atoms with Crippen LogP contribution in [0.15, 0.2) is 23.1 Å². The summed E-state index contributed by atoms with van der Waals surface area (Å²) < 4.78 is 32.0. The van der Waals surface area contributed by atoms with Gasteiger partial charge in [0.2, 0.25) is 10.0 Å². The summed E-state index contributed by atoms with van der Waals surface area (Å²) in [7, 11) is -2.19. The van der Waals surface area contributed by atoms with E-state index in [1.807, 2.05) is 6.92 Å². The second-order valence-corrected chi connectivity index (χ2v) is 6.49. The summed E-state index contributed by atoms with van der Waals surface area (Å²) in [6, 6.07) is 4.96. The number of hydrogen-bond acceptors (Lipinski definition) is 4. The first kappa shape index (κ1) is 17.5. The first-order valence-corrected chi connectivity index (χ1v) is 8.21. The number of aryl methyl sites for hydroxylation is 1. The molecule has 0 saturated heterocycles. The number of benzene rings is 1. The molecule has 1 aromatic carbocycles. The number of methoxy groups -OCH3 is 1. The predicted octanol–water partition coefficient (Wildman–Crippen LogP) is 1.93. The number of carboxylic acids is 1. The van der Waals surface area contributed by atoms with Gasteiger partial charge in [0.1, 0.15) is 10.6 Å². The van der Waals surface area contributed by atoms with E-state index in [-0.39, 0.29) is 17.9 Å². The van der Waals surface area contributed by atoms with E-state index in [2.05, 4.69) is 4.72 Å². The molecule has 0 fully saturated rings. The molecule has 118 valence electrons. The van der Waals surface area contributed by atoms with Crippen LogP contribution in [0, 0.1) is 6.92 Å². The van der Waals surface area contributed by atoms with E-state index in [9.17, 15) is 13.2 Å². The predicted molar refractivity (Wildman–Crippen MR) is 79.0 cm³/mol. The molecule has 2 N–H and O–H groups in total. The minimum Gasteiger partial charge on any atom is -0.495 e. The van der Waals surface area contributed by atoms with Gasteiger partial charge < -0.3 is 9.84 Å². The number of aliphatic carboxylic acids is 1. The van der Waals surface area contributed by atoms with Crippen molar-refractivity contribution >= 4 is 16.0 Å². The Morgan fingerprint density at radius 3 is 2.62 bits per heavy atom. The highest BCUT2D eigenvalue weighted by molar-refractivity contribution is 7.89. The van der Waals surface area contributed by atoms with Gasteiger partial charge in [0.15, 0.2) is 0 Å². The Labute approximate surface area is 125 Å². The Balaban J connectivity index is 2.58. The average Bonchev–Trinajstić information content (AvgIpc) is 2.42. The van der Waals surface area contributed by atoms with Crippen molar-refractivity contribution in [1.82, 2.24) is 4.72 Å². The van der Waals surface area contributed by atoms with E-state index in [0.717, 1.165) is 5.56 Å². The molecule has 7 heteroatoms. The molecular weight excluding hydrogens is 294 g/mol. The Hall–Kier alpha value is -1.60. The van der Waals surface area contributed by atoms with Gasteiger partial charge in [0.25, 0.3) is 0 Å². The molecule has 0 aliphatic rings. The number of carboxylic acid groups (broad SMARTS) is 1. The first-order chi connectivity index (χ1) is 9.86. The van der Waals surface area contributed by atoms with Crippen molar-refractivity contribution in [2.75, 3.05) is 13.7 Å².